The molecule has 2 saturated heterocycles. The lowest BCUT2D eigenvalue weighted by molar-refractivity contribution is -0.0592. The third-order valence-electron chi connectivity index (χ3n) is 7.82. The number of benzene rings is 2. The van der Waals surface area contributed by atoms with Crippen LogP contribution >= 0.6 is 11.3 Å². The van der Waals surface area contributed by atoms with Crippen molar-refractivity contribution in [2.45, 2.75) is 51.1 Å². The first kappa shape index (κ1) is 25.2. The first-order valence-corrected chi connectivity index (χ1v) is 14.5. The fraction of sp³-hybridized carbons (Fsp3) is 0.379. The Hall–Kier alpha value is -3.80. The highest BCUT2D eigenvalue weighted by molar-refractivity contribution is 7.18. The molecule has 1 atom stereocenters. The van der Waals surface area contributed by atoms with Gasteiger partial charge in [-0.25, -0.2) is 14.8 Å². The summed E-state index contributed by atoms with van der Waals surface area (Å²) in [6.07, 6.45) is 5.13. The number of hydrogen-bond donors (Lipinski definition) is 1. The molecule has 1 N–H and O–H groups in total. The van der Waals surface area contributed by atoms with E-state index in [9.17, 15) is 9.90 Å². The third-order valence-corrected chi connectivity index (χ3v) is 8.83. The number of para-hydroxylation sites is 1. The third kappa shape index (κ3) is 5.07. The van der Waals surface area contributed by atoms with Crippen LogP contribution in [0.15, 0.2) is 54.7 Å². The number of carboxylic acid groups (broad SMARTS) is 1. The predicted octanol–water partition coefficient (Wildman–Crippen LogP) is 4.75. The minimum absolute atomic E-state index is 0.154. The highest BCUT2D eigenvalue weighted by atomic mass is 32.1. The molecule has 0 amide bonds. The summed E-state index contributed by atoms with van der Waals surface area (Å²) in [7, 11) is 0. The second kappa shape index (κ2) is 10.6. The Morgan fingerprint density at radius 1 is 1.07 bits per heavy atom. The maximum atomic E-state index is 11.6. The number of imidazole rings is 1. The molecular weight excluding hydrogens is 528 g/mol. The van der Waals surface area contributed by atoms with E-state index in [1.165, 1.54) is 0 Å². The SMILES string of the molecule is O=C(O)c1ccc2nc(CN3CCC(n4ccc(OCc5nc6ccccc6s5)n4)CC3)n(CC3CCO3)c2c1. The highest BCUT2D eigenvalue weighted by Gasteiger charge is 2.26. The van der Waals surface area contributed by atoms with Crippen LogP contribution in [0.4, 0.5) is 0 Å². The molecule has 2 aromatic carbocycles. The van der Waals surface area contributed by atoms with Gasteiger partial charge in [-0.2, -0.15) is 0 Å². The van der Waals surface area contributed by atoms with E-state index in [1.807, 2.05) is 35.1 Å². The van der Waals surface area contributed by atoms with Crippen molar-refractivity contribution < 1.29 is 19.4 Å². The average molecular weight is 559 g/mol. The summed E-state index contributed by atoms with van der Waals surface area (Å²) < 4.78 is 17.0. The number of aromatic nitrogens is 5. The lowest BCUT2D eigenvalue weighted by Crippen LogP contribution is -2.36. The normalized spacial score (nSPS) is 18.4. The smallest absolute Gasteiger partial charge is 0.335 e. The van der Waals surface area contributed by atoms with Gasteiger partial charge in [0.05, 0.1) is 52.0 Å². The molecule has 7 rings (SSSR count). The van der Waals surface area contributed by atoms with E-state index in [-0.39, 0.29) is 11.7 Å². The summed E-state index contributed by atoms with van der Waals surface area (Å²) in [6.45, 7) is 4.45. The minimum Gasteiger partial charge on any atom is -0.478 e. The van der Waals surface area contributed by atoms with Gasteiger partial charge in [-0.05, 0) is 49.6 Å². The van der Waals surface area contributed by atoms with E-state index in [1.54, 1.807) is 29.5 Å². The zero-order valence-corrected chi connectivity index (χ0v) is 22.8. The number of piperidine rings is 1. The fourth-order valence-electron chi connectivity index (χ4n) is 5.52. The summed E-state index contributed by atoms with van der Waals surface area (Å²) in [5.41, 5.74) is 2.96. The molecule has 1 unspecified atom stereocenters. The van der Waals surface area contributed by atoms with Gasteiger partial charge in [0.1, 0.15) is 17.4 Å². The number of carbonyl (C=O) groups is 1. The second-order valence-corrected chi connectivity index (χ2v) is 11.5. The largest absolute Gasteiger partial charge is 0.478 e. The Bertz CT molecular complexity index is 1630. The molecule has 11 heteroatoms. The second-order valence-electron chi connectivity index (χ2n) is 10.4. The monoisotopic (exact) mass is 558 g/mol. The first-order valence-electron chi connectivity index (χ1n) is 13.7. The quantitative estimate of drug-likeness (QED) is 0.276. The molecule has 2 aliphatic rings. The van der Waals surface area contributed by atoms with Crippen molar-refractivity contribution >= 4 is 38.6 Å². The van der Waals surface area contributed by atoms with Crippen LogP contribution in [0.5, 0.6) is 5.88 Å². The topological polar surface area (TPSA) is 108 Å². The summed E-state index contributed by atoms with van der Waals surface area (Å²) in [6, 6.07) is 15.5. The molecule has 0 saturated carbocycles. The molecule has 3 aromatic heterocycles. The minimum atomic E-state index is -0.929. The molecular formula is C29H30N6O4S. The van der Waals surface area contributed by atoms with Crippen LogP contribution in [0.2, 0.25) is 0 Å². The van der Waals surface area contributed by atoms with E-state index in [2.05, 4.69) is 20.5 Å². The van der Waals surface area contributed by atoms with Gasteiger partial charge < -0.3 is 19.1 Å². The van der Waals surface area contributed by atoms with E-state index in [0.29, 0.717) is 31.6 Å². The van der Waals surface area contributed by atoms with Crippen LogP contribution in [0.25, 0.3) is 21.3 Å². The Balaban J connectivity index is 0.986. The highest BCUT2D eigenvalue weighted by Crippen LogP contribution is 2.28. The van der Waals surface area contributed by atoms with Gasteiger partial charge in [-0.3, -0.25) is 9.58 Å². The number of aromatic carboxylic acids is 1. The van der Waals surface area contributed by atoms with Gasteiger partial charge >= 0.3 is 5.97 Å². The van der Waals surface area contributed by atoms with Crippen LogP contribution in [-0.2, 0) is 24.4 Å². The van der Waals surface area contributed by atoms with Crippen molar-refractivity contribution in [2.75, 3.05) is 19.7 Å². The molecule has 0 aliphatic carbocycles. The van der Waals surface area contributed by atoms with Gasteiger partial charge in [-0.1, -0.05) is 12.1 Å². The van der Waals surface area contributed by atoms with E-state index in [0.717, 1.165) is 71.0 Å². The maximum absolute atomic E-state index is 11.6. The maximum Gasteiger partial charge on any atom is 0.335 e. The molecule has 0 bridgehead atoms. The van der Waals surface area contributed by atoms with Crippen LogP contribution < -0.4 is 4.74 Å². The summed E-state index contributed by atoms with van der Waals surface area (Å²) >= 11 is 1.65. The van der Waals surface area contributed by atoms with Crippen molar-refractivity contribution in [1.82, 2.24) is 29.2 Å². The van der Waals surface area contributed by atoms with Gasteiger partial charge in [0, 0.05) is 32.0 Å². The molecule has 5 heterocycles. The fourth-order valence-corrected chi connectivity index (χ4v) is 6.40. The molecule has 0 spiro atoms. The van der Waals surface area contributed by atoms with Crippen LogP contribution in [0.3, 0.4) is 0 Å². The van der Waals surface area contributed by atoms with Crippen LogP contribution in [0, 0.1) is 0 Å². The number of likely N-dealkylation sites (tertiary alicyclic amines) is 1. The molecule has 10 nitrogen and oxygen atoms in total. The number of carboxylic acids is 1. The van der Waals surface area contributed by atoms with E-state index >= 15 is 0 Å². The van der Waals surface area contributed by atoms with Crippen molar-refractivity contribution in [2.24, 2.45) is 0 Å². The number of nitrogens with zero attached hydrogens (tertiary/aromatic N) is 6. The Morgan fingerprint density at radius 3 is 2.70 bits per heavy atom. The van der Waals surface area contributed by atoms with Crippen molar-refractivity contribution in [1.29, 1.82) is 0 Å². The predicted molar refractivity (Wildman–Crippen MR) is 151 cm³/mol. The van der Waals surface area contributed by atoms with Gasteiger partial charge in [0.2, 0.25) is 5.88 Å². The van der Waals surface area contributed by atoms with Crippen LogP contribution in [-0.4, -0.2) is 66.1 Å². The summed E-state index contributed by atoms with van der Waals surface area (Å²) in [5.74, 6) is 0.646. The average Bonchev–Trinajstić information content (AvgIpc) is 3.66. The molecule has 0 radical (unpaired) electrons. The molecule has 40 heavy (non-hydrogen) atoms. The lowest BCUT2D eigenvalue weighted by atomic mass is 10.1. The van der Waals surface area contributed by atoms with E-state index in [4.69, 9.17) is 19.6 Å². The van der Waals surface area contributed by atoms with Crippen molar-refractivity contribution in [3.8, 4) is 5.88 Å². The van der Waals surface area contributed by atoms with E-state index < -0.39 is 5.97 Å². The molecule has 206 valence electrons. The molecule has 2 aliphatic heterocycles. The van der Waals surface area contributed by atoms with Gasteiger partial charge in [0.15, 0.2) is 0 Å². The van der Waals surface area contributed by atoms with Gasteiger partial charge in [0.25, 0.3) is 0 Å². The number of rotatable bonds is 9. The van der Waals surface area contributed by atoms with Crippen LogP contribution in [0.1, 0.15) is 46.5 Å². The Morgan fingerprint density at radius 2 is 1.93 bits per heavy atom. The van der Waals surface area contributed by atoms with Crippen molar-refractivity contribution in [3.05, 3.63) is 71.1 Å². The number of ether oxygens (including phenoxy) is 2. The van der Waals surface area contributed by atoms with Gasteiger partial charge in [-0.15, -0.1) is 16.4 Å². The van der Waals surface area contributed by atoms with Crippen molar-refractivity contribution in [3.63, 3.8) is 0 Å². The summed E-state index contributed by atoms with van der Waals surface area (Å²) in [4.78, 5) is 23.5. The standard InChI is InChI=1S/C29H30N6O4S/c36-29(37)19-5-6-22-24(15-19)34(16-21-10-14-38-21)26(30-22)17-33-11-7-20(8-12-33)35-13-9-27(32-35)39-18-28-31-23-3-1-2-4-25(23)40-28/h1-6,9,13,15,20-21H,7-8,10-12,14,16-18H2,(H,36,37). The number of hydrogen-bond acceptors (Lipinski definition) is 8. The zero-order chi connectivity index (χ0) is 27.1. The number of fused-ring (bicyclic) bond motifs is 2. The zero-order valence-electron chi connectivity index (χ0n) is 22.0. The first-order chi connectivity index (χ1) is 19.6. The lowest BCUT2D eigenvalue weighted by Gasteiger charge is -2.32. The Kier molecular flexibility index (Phi) is 6.70. The number of thiazole rings is 1. The summed E-state index contributed by atoms with van der Waals surface area (Å²) in [5, 5.41) is 15.1. The molecule has 2 fully saturated rings. The molecule has 5 aromatic rings. The Labute approximate surface area is 234 Å².